The van der Waals surface area contributed by atoms with Crippen LogP contribution in [0, 0.1) is 37.3 Å². The van der Waals surface area contributed by atoms with E-state index in [-0.39, 0.29) is 11.6 Å². The Kier molecular flexibility index (Phi) is 4.91. The second-order valence-corrected chi connectivity index (χ2v) is 9.09. The van der Waals surface area contributed by atoms with Crippen LogP contribution in [0.4, 0.5) is 8.78 Å². The highest BCUT2D eigenvalue weighted by Gasteiger charge is 2.47. The highest BCUT2D eigenvalue weighted by Crippen LogP contribution is 2.42. The summed E-state index contributed by atoms with van der Waals surface area (Å²) in [5.41, 5.74) is 3.97. The van der Waals surface area contributed by atoms with Crippen molar-refractivity contribution in [2.24, 2.45) is 11.8 Å². The molecule has 1 nitrogen and oxygen atoms in total. The minimum Gasteiger partial charge on any atom is -0.323 e. The van der Waals surface area contributed by atoms with Crippen LogP contribution in [-0.4, -0.2) is 30.7 Å². The van der Waals surface area contributed by atoms with Gasteiger partial charge < -0.3 is 4.48 Å². The molecule has 0 saturated carbocycles. The molecule has 0 radical (unpaired) electrons. The molecule has 4 rings (SSSR count). The first-order valence-corrected chi connectivity index (χ1v) is 10.4. The Labute approximate surface area is 167 Å². The predicted octanol–water partition coefficient (Wildman–Crippen LogP) is 5.89. The van der Waals surface area contributed by atoms with Gasteiger partial charge in [-0.1, -0.05) is 30.3 Å². The molecule has 3 heteroatoms. The van der Waals surface area contributed by atoms with Gasteiger partial charge in [-0.2, -0.15) is 0 Å². The molecule has 0 N–H and O–H groups in total. The van der Waals surface area contributed by atoms with Gasteiger partial charge in [0.25, 0.3) is 0 Å². The molecule has 148 valence electrons. The van der Waals surface area contributed by atoms with E-state index in [1.165, 1.54) is 38.1 Å². The van der Waals surface area contributed by atoms with E-state index in [1.54, 1.807) is 12.1 Å². The second kappa shape index (κ2) is 7.11. The Morgan fingerprint density at radius 2 is 1.57 bits per heavy atom. The summed E-state index contributed by atoms with van der Waals surface area (Å²) in [6, 6.07) is 10.9. The molecule has 0 amide bonds. The number of piperidine rings is 1. The molecule has 4 unspecified atom stereocenters. The third-order valence-electron chi connectivity index (χ3n) is 7.43. The molecule has 2 aromatic carbocycles. The molecular weight excluding hydrogens is 352 g/mol. The van der Waals surface area contributed by atoms with Crippen molar-refractivity contribution in [1.29, 1.82) is 0 Å². The monoisotopic (exact) mass is 382 g/mol. The molecule has 2 fully saturated rings. The SMILES string of the molecule is Cc1c(F)cccc1C(=CC1CC2CC[N+](C)(C2)C1C)c1cccc(F)c1C. The fourth-order valence-electron chi connectivity index (χ4n) is 5.40. The number of benzene rings is 2. The Morgan fingerprint density at radius 3 is 2.14 bits per heavy atom. The maximum absolute atomic E-state index is 14.4. The van der Waals surface area contributed by atoms with E-state index >= 15 is 0 Å². The molecule has 4 atom stereocenters. The van der Waals surface area contributed by atoms with E-state index in [4.69, 9.17) is 0 Å². The first-order chi connectivity index (χ1) is 13.3. The molecule has 0 aliphatic carbocycles. The Bertz CT molecular complexity index is 879. The molecule has 2 aromatic rings. The van der Waals surface area contributed by atoms with Crippen molar-refractivity contribution >= 4 is 5.57 Å². The van der Waals surface area contributed by atoms with Crippen molar-refractivity contribution in [1.82, 2.24) is 0 Å². The lowest BCUT2D eigenvalue weighted by Crippen LogP contribution is -2.54. The zero-order chi connectivity index (χ0) is 20.1. The van der Waals surface area contributed by atoms with Crippen LogP contribution in [0.3, 0.4) is 0 Å². The summed E-state index contributed by atoms with van der Waals surface area (Å²) in [6.07, 6.45) is 4.78. The van der Waals surface area contributed by atoms with E-state index in [0.29, 0.717) is 23.1 Å². The van der Waals surface area contributed by atoms with Gasteiger partial charge in [-0.25, -0.2) is 8.78 Å². The number of fused-ring (bicyclic) bond motifs is 2. The summed E-state index contributed by atoms with van der Waals surface area (Å²) in [7, 11) is 2.37. The second-order valence-electron chi connectivity index (χ2n) is 9.09. The van der Waals surface area contributed by atoms with Crippen LogP contribution < -0.4 is 0 Å². The van der Waals surface area contributed by atoms with Gasteiger partial charge in [0.2, 0.25) is 0 Å². The van der Waals surface area contributed by atoms with Crippen molar-refractivity contribution in [2.45, 2.75) is 39.7 Å². The molecule has 0 spiro atoms. The number of hydrogen-bond acceptors (Lipinski definition) is 0. The van der Waals surface area contributed by atoms with Crippen molar-refractivity contribution in [3.63, 3.8) is 0 Å². The normalized spacial score (nSPS) is 29.0. The van der Waals surface area contributed by atoms with Gasteiger partial charge in [0.05, 0.1) is 26.2 Å². The largest absolute Gasteiger partial charge is 0.323 e. The van der Waals surface area contributed by atoms with Crippen LogP contribution in [-0.2, 0) is 0 Å². The number of halogens is 2. The van der Waals surface area contributed by atoms with Gasteiger partial charge in [-0.05, 0) is 67.2 Å². The number of hydrogen-bond donors (Lipinski definition) is 0. The smallest absolute Gasteiger partial charge is 0.126 e. The molecule has 2 bridgehead atoms. The van der Waals surface area contributed by atoms with E-state index in [0.717, 1.165) is 27.1 Å². The van der Waals surface area contributed by atoms with Crippen LogP contribution in [0.25, 0.3) is 5.57 Å². The Hall–Kier alpha value is -2.00. The number of quaternary nitrogens is 1. The highest BCUT2D eigenvalue weighted by atomic mass is 19.1. The standard InChI is InChI=1S/C25H30F2N/c1-16-21(7-5-9-24(16)26)23(22-8-6-10-25(27)17(22)2)14-20-13-19-11-12-28(4,15-19)18(20)3/h5-10,14,18-20H,11-13,15H2,1-4H3/q+1. The zero-order valence-corrected chi connectivity index (χ0v) is 17.3. The lowest BCUT2D eigenvalue weighted by atomic mass is 9.81. The van der Waals surface area contributed by atoms with Gasteiger partial charge in [0, 0.05) is 18.3 Å². The lowest BCUT2D eigenvalue weighted by molar-refractivity contribution is -0.928. The Morgan fingerprint density at radius 1 is 1.00 bits per heavy atom. The van der Waals surface area contributed by atoms with Crippen LogP contribution in [0.1, 0.15) is 42.0 Å². The average Bonchev–Trinajstić information content (AvgIpc) is 3.00. The van der Waals surface area contributed by atoms with Crippen LogP contribution >= 0.6 is 0 Å². The fraction of sp³-hybridized carbons (Fsp3) is 0.440. The van der Waals surface area contributed by atoms with Crippen LogP contribution in [0.5, 0.6) is 0 Å². The van der Waals surface area contributed by atoms with Gasteiger partial charge in [0.1, 0.15) is 11.6 Å². The molecule has 28 heavy (non-hydrogen) atoms. The van der Waals surface area contributed by atoms with Gasteiger partial charge in [-0.15, -0.1) is 0 Å². The minimum absolute atomic E-state index is 0.211. The summed E-state index contributed by atoms with van der Waals surface area (Å²) in [6.45, 7) is 8.48. The van der Waals surface area contributed by atoms with E-state index in [1.807, 2.05) is 26.0 Å². The van der Waals surface area contributed by atoms with E-state index in [2.05, 4.69) is 20.0 Å². The molecule has 2 heterocycles. The maximum atomic E-state index is 14.4. The van der Waals surface area contributed by atoms with Crippen LogP contribution in [0.15, 0.2) is 42.5 Å². The molecule has 0 aromatic heterocycles. The predicted molar refractivity (Wildman–Crippen MR) is 111 cm³/mol. The van der Waals surface area contributed by atoms with Gasteiger partial charge in [0.15, 0.2) is 0 Å². The first kappa shape index (κ1) is 19.3. The fourth-order valence-corrected chi connectivity index (χ4v) is 5.40. The number of rotatable bonds is 3. The quantitative estimate of drug-likeness (QED) is 0.581. The third-order valence-corrected chi connectivity index (χ3v) is 7.43. The van der Waals surface area contributed by atoms with Crippen molar-refractivity contribution < 1.29 is 13.3 Å². The summed E-state index contributed by atoms with van der Waals surface area (Å²) < 4.78 is 29.9. The lowest BCUT2D eigenvalue weighted by Gasteiger charge is -2.43. The molecule has 2 aliphatic rings. The first-order valence-electron chi connectivity index (χ1n) is 10.4. The van der Waals surface area contributed by atoms with E-state index in [9.17, 15) is 8.78 Å². The molecule has 2 aliphatic heterocycles. The Balaban J connectivity index is 1.87. The highest BCUT2D eigenvalue weighted by molar-refractivity contribution is 5.83. The maximum Gasteiger partial charge on any atom is 0.126 e. The molecule has 2 saturated heterocycles. The van der Waals surface area contributed by atoms with Crippen molar-refractivity contribution in [3.05, 3.63) is 76.4 Å². The van der Waals surface area contributed by atoms with Gasteiger partial charge >= 0.3 is 0 Å². The van der Waals surface area contributed by atoms with Crippen LogP contribution in [0.2, 0.25) is 0 Å². The zero-order valence-electron chi connectivity index (χ0n) is 17.3. The molecular formula is C25H30F2N+. The average molecular weight is 383 g/mol. The summed E-state index contributed by atoms with van der Waals surface area (Å²) in [5.74, 6) is 0.742. The van der Waals surface area contributed by atoms with E-state index < -0.39 is 0 Å². The van der Waals surface area contributed by atoms with Gasteiger partial charge in [-0.3, -0.25) is 0 Å². The van der Waals surface area contributed by atoms with Crippen molar-refractivity contribution in [2.75, 3.05) is 20.1 Å². The summed E-state index contributed by atoms with van der Waals surface area (Å²) >= 11 is 0. The minimum atomic E-state index is -0.211. The summed E-state index contributed by atoms with van der Waals surface area (Å²) in [4.78, 5) is 0. The topological polar surface area (TPSA) is 0 Å². The summed E-state index contributed by atoms with van der Waals surface area (Å²) in [5, 5.41) is 0. The van der Waals surface area contributed by atoms with Crippen molar-refractivity contribution in [3.8, 4) is 0 Å². The number of nitrogens with zero attached hydrogens (tertiary/aromatic N) is 1. The third kappa shape index (κ3) is 3.20.